The van der Waals surface area contributed by atoms with Gasteiger partial charge < -0.3 is 14.5 Å². The molecule has 0 N–H and O–H groups in total. The third-order valence-corrected chi connectivity index (χ3v) is 6.12. The zero-order valence-corrected chi connectivity index (χ0v) is 17.4. The fourth-order valence-corrected chi connectivity index (χ4v) is 4.37. The minimum Gasteiger partial charge on any atom is -0.356 e. The number of amides is 2. The molecule has 0 unspecified atom stereocenters. The van der Waals surface area contributed by atoms with Gasteiger partial charge in [-0.15, -0.1) is 0 Å². The molecular weight excluding hydrogens is 380 g/mol. The number of benzene rings is 1. The fraction of sp³-hybridized carbons (Fsp3) is 0.391. The first-order valence-corrected chi connectivity index (χ1v) is 10.0. The molecule has 30 heavy (non-hydrogen) atoms. The van der Waals surface area contributed by atoms with Crippen LogP contribution in [0.3, 0.4) is 0 Å². The highest BCUT2D eigenvalue weighted by molar-refractivity contribution is 5.86. The Hall–Kier alpha value is -3.24. The van der Waals surface area contributed by atoms with Crippen LogP contribution in [0.4, 0.5) is 0 Å². The van der Waals surface area contributed by atoms with Crippen molar-refractivity contribution in [2.24, 2.45) is 0 Å². The number of carbonyl (C=O) groups is 2. The number of hydrogen-bond acceptors (Lipinski definition) is 5. The summed E-state index contributed by atoms with van der Waals surface area (Å²) in [6, 6.07) is 9.52. The molecule has 3 heterocycles. The number of aryl methyl sites for hydroxylation is 2. The number of carbonyl (C=O) groups excluding carboxylic acids is 2. The lowest BCUT2D eigenvalue weighted by Crippen LogP contribution is -2.54. The molecule has 1 aromatic carbocycles. The number of pyridine rings is 1. The van der Waals surface area contributed by atoms with E-state index in [1.54, 1.807) is 23.0 Å². The number of aromatic nitrogens is 1. The van der Waals surface area contributed by atoms with Crippen LogP contribution in [0.2, 0.25) is 0 Å². The summed E-state index contributed by atoms with van der Waals surface area (Å²) in [5.41, 5.74) is 5.11. The van der Waals surface area contributed by atoms with Crippen LogP contribution in [0.15, 0.2) is 30.5 Å². The molecule has 2 atom stereocenters. The Bertz CT molecular complexity index is 1060. The maximum atomic E-state index is 13.5. The number of ether oxygens (including phenoxy) is 1. The zero-order chi connectivity index (χ0) is 21.4. The van der Waals surface area contributed by atoms with E-state index in [9.17, 15) is 14.9 Å². The number of likely N-dealkylation sites (N-methyl/N-ethyl adjacent to an activating group) is 1. The lowest BCUT2D eigenvalue weighted by molar-refractivity contribution is -0.168. The highest BCUT2D eigenvalue weighted by Crippen LogP contribution is 2.33. The Balaban J connectivity index is 1.64. The fourth-order valence-electron chi connectivity index (χ4n) is 4.37. The number of morpholine rings is 1. The van der Waals surface area contributed by atoms with Crippen LogP contribution in [0, 0.1) is 25.2 Å². The van der Waals surface area contributed by atoms with Crippen LogP contribution < -0.4 is 0 Å². The van der Waals surface area contributed by atoms with E-state index in [-0.39, 0.29) is 18.4 Å². The Morgan fingerprint density at radius 2 is 2.07 bits per heavy atom. The van der Waals surface area contributed by atoms with Crippen molar-refractivity contribution in [2.75, 3.05) is 20.2 Å². The van der Waals surface area contributed by atoms with Crippen molar-refractivity contribution in [3.05, 3.63) is 64.0 Å². The predicted molar refractivity (Wildman–Crippen MR) is 109 cm³/mol. The van der Waals surface area contributed by atoms with Gasteiger partial charge in [-0.2, -0.15) is 5.26 Å². The van der Waals surface area contributed by atoms with Gasteiger partial charge in [0.05, 0.1) is 17.3 Å². The van der Waals surface area contributed by atoms with Gasteiger partial charge >= 0.3 is 0 Å². The number of hydrogen-bond donors (Lipinski definition) is 0. The summed E-state index contributed by atoms with van der Waals surface area (Å²) >= 11 is 0. The Morgan fingerprint density at radius 1 is 1.30 bits per heavy atom. The minimum absolute atomic E-state index is 0.112. The van der Waals surface area contributed by atoms with Gasteiger partial charge in [-0.05, 0) is 42.5 Å². The number of nitrogens with zero attached hydrogens (tertiary/aromatic N) is 4. The summed E-state index contributed by atoms with van der Waals surface area (Å²) in [7, 11) is 1.72. The quantitative estimate of drug-likeness (QED) is 0.765. The largest absolute Gasteiger partial charge is 0.356 e. The molecule has 1 fully saturated rings. The lowest BCUT2D eigenvalue weighted by Gasteiger charge is -2.41. The summed E-state index contributed by atoms with van der Waals surface area (Å²) in [6.45, 7) is 4.57. The van der Waals surface area contributed by atoms with Gasteiger partial charge in [-0.1, -0.05) is 24.3 Å². The molecule has 2 amide bonds. The van der Waals surface area contributed by atoms with Gasteiger partial charge in [0.2, 0.25) is 5.91 Å². The van der Waals surface area contributed by atoms with Gasteiger partial charge in [-0.3, -0.25) is 14.6 Å². The van der Waals surface area contributed by atoms with E-state index in [0.717, 1.165) is 22.3 Å². The highest BCUT2D eigenvalue weighted by Gasteiger charge is 2.42. The molecule has 0 saturated carbocycles. The van der Waals surface area contributed by atoms with Crippen LogP contribution in [0.25, 0.3) is 0 Å². The van der Waals surface area contributed by atoms with Gasteiger partial charge in [-0.25, -0.2) is 0 Å². The van der Waals surface area contributed by atoms with Gasteiger partial charge in [0, 0.05) is 26.3 Å². The molecule has 2 aromatic rings. The third-order valence-electron chi connectivity index (χ3n) is 6.12. The second-order valence-corrected chi connectivity index (χ2v) is 7.88. The molecule has 1 aromatic heterocycles. The van der Waals surface area contributed by atoms with Crippen molar-refractivity contribution in [3.8, 4) is 6.07 Å². The van der Waals surface area contributed by atoms with E-state index in [2.05, 4.69) is 11.1 Å². The smallest absolute Gasteiger partial charge is 0.254 e. The monoisotopic (exact) mass is 404 g/mol. The first-order valence-electron chi connectivity index (χ1n) is 10.0. The van der Waals surface area contributed by atoms with Crippen LogP contribution in [-0.4, -0.2) is 52.9 Å². The van der Waals surface area contributed by atoms with Crippen molar-refractivity contribution in [1.29, 1.82) is 5.26 Å². The van der Waals surface area contributed by atoms with Gasteiger partial charge in [0.25, 0.3) is 5.91 Å². The van der Waals surface area contributed by atoms with Crippen molar-refractivity contribution < 1.29 is 14.3 Å². The molecular formula is C23H24N4O3. The average Bonchev–Trinajstić information content (AvgIpc) is 2.75. The second kappa shape index (κ2) is 7.88. The van der Waals surface area contributed by atoms with Crippen molar-refractivity contribution in [1.82, 2.24) is 14.8 Å². The van der Waals surface area contributed by atoms with E-state index in [1.165, 1.54) is 0 Å². The van der Waals surface area contributed by atoms with Crippen LogP contribution >= 0.6 is 0 Å². The molecule has 7 heteroatoms. The van der Waals surface area contributed by atoms with Gasteiger partial charge in [0.15, 0.2) is 6.10 Å². The van der Waals surface area contributed by atoms with Crippen molar-refractivity contribution in [2.45, 2.75) is 39.0 Å². The maximum Gasteiger partial charge on any atom is 0.254 e. The second-order valence-electron chi connectivity index (χ2n) is 7.88. The zero-order valence-electron chi connectivity index (χ0n) is 17.4. The molecule has 0 aliphatic carbocycles. The van der Waals surface area contributed by atoms with Crippen molar-refractivity contribution >= 4 is 11.8 Å². The van der Waals surface area contributed by atoms with E-state index in [4.69, 9.17) is 4.74 Å². The summed E-state index contributed by atoms with van der Waals surface area (Å²) < 4.78 is 5.80. The summed E-state index contributed by atoms with van der Waals surface area (Å²) in [5.74, 6) is -0.290. The standard InChI is InChI=1S/C23H24N4O3/c1-14-6-4-5-7-17(14)21-22(30-13-20(28)26(21)3)23(29)27-9-8-18-16(12-27)11-25-15(2)19(18)10-24/h4-7,11,21-22H,8-9,12-13H2,1-3H3/t21-,22+/m1/s1. The number of nitriles is 1. The van der Waals surface area contributed by atoms with Crippen LogP contribution in [0.1, 0.15) is 39.6 Å². The molecule has 0 spiro atoms. The van der Waals surface area contributed by atoms with E-state index < -0.39 is 12.1 Å². The summed E-state index contributed by atoms with van der Waals surface area (Å²) in [5, 5.41) is 9.47. The van der Waals surface area contributed by atoms with E-state index in [1.807, 2.05) is 38.1 Å². The van der Waals surface area contributed by atoms with Gasteiger partial charge in [0.1, 0.15) is 12.7 Å². The number of rotatable bonds is 2. The van der Waals surface area contributed by atoms with E-state index >= 15 is 0 Å². The van der Waals surface area contributed by atoms with Crippen LogP contribution in [-0.2, 0) is 27.3 Å². The number of fused-ring (bicyclic) bond motifs is 1. The molecule has 2 aliphatic rings. The molecule has 0 radical (unpaired) electrons. The first-order chi connectivity index (χ1) is 14.4. The Morgan fingerprint density at radius 3 is 2.80 bits per heavy atom. The summed E-state index contributed by atoms with van der Waals surface area (Å²) in [4.78, 5) is 33.5. The Kier molecular flexibility index (Phi) is 5.27. The molecule has 2 aliphatic heterocycles. The molecule has 154 valence electrons. The molecule has 7 nitrogen and oxygen atoms in total. The van der Waals surface area contributed by atoms with Crippen LogP contribution in [0.5, 0.6) is 0 Å². The molecule has 1 saturated heterocycles. The summed E-state index contributed by atoms with van der Waals surface area (Å²) in [6.07, 6.45) is 1.58. The molecule has 4 rings (SSSR count). The molecule has 0 bridgehead atoms. The normalized spacial score (nSPS) is 21.2. The highest BCUT2D eigenvalue weighted by atomic mass is 16.5. The lowest BCUT2D eigenvalue weighted by atomic mass is 9.92. The maximum absolute atomic E-state index is 13.5. The average molecular weight is 404 g/mol. The topological polar surface area (TPSA) is 86.5 Å². The third kappa shape index (κ3) is 3.33. The Labute approximate surface area is 175 Å². The minimum atomic E-state index is -0.774. The predicted octanol–water partition coefficient (Wildman–Crippen LogP) is 2.05. The SMILES string of the molecule is Cc1ccccc1[C@@H]1[C@@H](C(=O)N2CCc3c(cnc(C)c3C#N)C2)OCC(=O)N1C. The first kappa shape index (κ1) is 20.0. The van der Waals surface area contributed by atoms with Crippen molar-refractivity contribution in [3.63, 3.8) is 0 Å². The van der Waals surface area contributed by atoms with E-state index in [0.29, 0.717) is 30.8 Å².